The summed E-state index contributed by atoms with van der Waals surface area (Å²) in [5.41, 5.74) is 1.50. The molecule has 0 fully saturated rings. The van der Waals surface area contributed by atoms with Gasteiger partial charge in [0.2, 0.25) is 0 Å². The van der Waals surface area contributed by atoms with Gasteiger partial charge >= 0.3 is 0 Å². The third-order valence-electron chi connectivity index (χ3n) is 4.12. The predicted molar refractivity (Wildman–Crippen MR) is 97.3 cm³/mol. The first-order valence-corrected chi connectivity index (χ1v) is 8.66. The van der Waals surface area contributed by atoms with E-state index in [1.165, 1.54) is 10.8 Å². The van der Waals surface area contributed by atoms with E-state index in [1.54, 1.807) is 6.07 Å². The number of ether oxygens (including phenoxy) is 1. The lowest BCUT2D eigenvalue weighted by atomic mass is 10.0. The summed E-state index contributed by atoms with van der Waals surface area (Å²) in [6.07, 6.45) is 1.36. The summed E-state index contributed by atoms with van der Waals surface area (Å²) in [4.78, 5) is 12.0. The molecular formula is C21H23NO3. The molecule has 0 N–H and O–H groups in total. The van der Waals surface area contributed by atoms with Crippen molar-refractivity contribution in [3.8, 4) is 0 Å². The molecule has 4 heteroatoms. The van der Waals surface area contributed by atoms with E-state index in [4.69, 9.17) is 9.26 Å². The normalized spacial score (nSPS) is 11.3. The second-order valence-electron chi connectivity index (χ2n) is 6.71. The first-order chi connectivity index (χ1) is 12.1. The molecule has 0 aliphatic rings. The minimum atomic E-state index is 0.0261. The molecule has 3 aromatic rings. The molecule has 0 amide bonds. The van der Waals surface area contributed by atoms with E-state index < -0.39 is 0 Å². The average Bonchev–Trinajstić information content (AvgIpc) is 3.08. The molecule has 25 heavy (non-hydrogen) atoms. The summed E-state index contributed by atoms with van der Waals surface area (Å²) >= 11 is 0. The topological polar surface area (TPSA) is 52.3 Å². The van der Waals surface area contributed by atoms with Crippen LogP contribution in [-0.4, -0.2) is 10.9 Å². The monoisotopic (exact) mass is 337 g/mol. The number of rotatable bonds is 8. The highest BCUT2D eigenvalue weighted by molar-refractivity contribution is 5.94. The van der Waals surface area contributed by atoms with E-state index in [0.29, 0.717) is 37.0 Å². The zero-order valence-electron chi connectivity index (χ0n) is 14.7. The number of carbonyl (C=O) groups is 1. The van der Waals surface area contributed by atoms with Crippen molar-refractivity contribution in [1.82, 2.24) is 5.16 Å². The number of carbonyl (C=O) groups excluding carboxylic acids is 1. The number of fused-ring (bicyclic) bond motifs is 1. The van der Waals surface area contributed by atoms with Crippen molar-refractivity contribution in [2.45, 2.75) is 39.9 Å². The lowest BCUT2D eigenvalue weighted by Gasteiger charge is -2.04. The Hall–Kier alpha value is -2.46. The molecule has 2 aromatic carbocycles. The SMILES string of the molecule is CC(C)CCC(=O)c1cc(COCc2ccc3ccccc3c2)on1. The highest BCUT2D eigenvalue weighted by Gasteiger charge is 2.13. The summed E-state index contributed by atoms with van der Waals surface area (Å²) in [6.45, 7) is 4.99. The second kappa shape index (κ2) is 8.08. The molecule has 1 heterocycles. The van der Waals surface area contributed by atoms with Gasteiger partial charge in [-0.15, -0.1) is 0 Å². The van der Waals surface area contributed by atoms with E-state index in [1.807, 2.05) is 12.1 Å². The fourth-order valence-corrected chi connectivity index (χ4v) is 2.66. The summed E-state index contributed by atoms with van der Waals surface area (Å²) in [5, 5.41) is 6.27. The van der Waals surface area contributed by atoms with Crippen LogP contribution in [0.15, 0.2) is 53.1 Å². The molecule has 130 valence electrons. The second-order valence-corrected chi connectivity index (χ2v) is 6.71. The fraction of sp³-hybridized carbons (Fsp3) is 0.333. The maximum atomic E-state index is 12.0. The van der Waals surface area contributed by atoms with Gasteiger partial charge in [0, 0.05) is 12.5 Å². The number of hydrogen-bond acceptors (Lipinski definition) is 4. The van der Waals surface area contributed by atoms with Crippen LogP contribution in [0.5, 0.6) is 0 Å². The number of Topliss-reactive ketones (excluding diaryl/α,β-unsaturated/α-hetero) is 1. The van der Waals surface area contributed by atoms with Crippen molar-refractivity contribution < 1.29 is 14.1 Å². The van der Waals surface area contributed by atoms with Crippen molar-refractivity contribution in [3.05, 3.63) is 65.5 Å². The molecular weight excluding hydrogens is 314 g/mol. The van der Waals surface area contributed by atoms with Crippen LogP contribution in [0, 0.1) is 5.92 Å². The number of benzene rings is 2. The zero-order chi connectivity index (χ0) is 17.6. The third kappa shape index (κ3) is 4.77. The first kappa shape index (κ1) is 17.4. The summed E-state index contributed by atoms with van der Waals surface area (Å²) in [7, 11) is 0. The van der Waals surface area contributed by atoms with Gasteiger partial charge < -0.3 is 9.26 Å². The van der Waals surface area contributed by atoms with Crippen molar-refractivity contribution in [2.24, 2.45) is 5.92 Å². The summed E-state index contributed by atoms with van der Waals surface area (Å²) < 4.78 is 10.9. The Kier molecular flexibility index (Phi) is 5.61. The molecule has 0 aliphatic carbocycles. The Labute approximate surface area is 147 Å². The molecule has 4 nitrogen and oxygen atoms in total. The van der Waals surface area contributed by atoms with Crippen molar-refractivity contribution in [1.29, 1.82) is 0 Å². The Morgan fingerprint density at radius 1 is 1.08 bits per heavy atom. The summed E-state index contributed by atoms with van der Waals surface area (Å²) in [6, 6.07) is 16.2. The van der Waals surface area contributed by atoms with Gasteiger partial charge in [0.15, 0.2) is 11.5 Å². The molecule has 0 saturated heterocycles. The Bertz CT molecular complexity index is 851. The zero-order valence-corrected chi connectivity index (χ0v) is 14.7. The molecule has 0 saturated carbocycles. The van der Waals surface area contributed by atoms with E-state index in [2.05, 4.69) is 49.3 Å². The standard InChI is InChI=1S/C21H23NO3/c1-15(2)7-10-21(23)20-12-19(25-22-20)14-24-13-16-8-9-17-5-3-4-6-18(17)11-16/h3-6,8-9,11-12,15H,7,10,13-14H2,1-2H3. The number of ketones is 1. The van der Waals surface area contributed by atoms with Crippen LogP contribution in [-0.2, 0) is 18.0 Å². The van der Waals surface area contributed by atoms with Gasteiger partial charge in [-0.05, 0) is 34.7 Å². The van der Waals surface area contributed by atoms with Crippen LogP contribution in [0.4, 0.5) is 0 Å². The van der Waals surface area contributed by atoms with Crippen molar-refractivity contribution in [2.75, 3.05) is 0 Å². The van der Waals surface area contributed by atoms with Gasteiger partial charge in [-0.1, -0.05) is 55.4 Å². The minimum Gasteiger partial charge on any atom is -0.369 e. The van der Waals surface area contributed by atoms with Crippen molar-refractivity contribution in [3.63, 3.8) is 0 Å². The van der Waals surface area contributed by atoms with Crippen LogP contribution in [0.1, 0.15) is 48.5 Å². The largest absolute Gasteiger partial charge is 0.369 e. The van der Waals surface area contributed by atoms with Gasteiger partial charge in [-0.25, -0.2) is 0 Å². The Morgan fingerprint density at radius 2 is 1.88 bits per heavy atom. The summed E-state index contributed by atoms with van der Waals surface area (Å²) in [5.74, 6) is 1.10. The smallest absolute Gasteiger partial charge is 0.184 e. The molecule has 3 rings (SSSR count). The van der Waals surface area contributed by atoms with Gasteiger partial charge in [-0.3, -0.25) is 4.79 Å². The Balaban J connectivity index is 1.52. The molecule has 1 aromatic heterocycles. The van der Waals surface area contributed by atoms with Gasteiger partial charge in [0.25, 0.3) is 0 Å². The van der Waals surface area contributed by atoms with Crippen LogP contribution in [0.3, 0.4) is 0 Å². The molecule has 0 unspecified atom stereocenters. The van der Waals surface area contributed by atoms with Crippen LogP contribution < -0.4 is 0 Å². The molecule has 0 aliphatic heterocycles. The number of aromatic nitrogens is 1. The highest BCUT2D eigenvalue weighted by atomic mass is 16.5. The Morgan fingerprint density at radius 3 is 2.68 bits per heavy atom. The van der Waals surface area contributed by atoms with Crippen molar-refractivity contribution >= 4 is 16.6 Å². The third-order valence-corrected chi connectivity index (χ3v) is 4.12. The molecule has 0 atom stereocenters. The molecule has 0 radical (unpaired) electrons. The van der Waals surface area contributed by atoms with E-state index in [9.17, 15) is 4.79 Å². The average molecular weight is 337 g/mol. The quantitative estimate of drug-likeness (QED) is 0.533. The number of hydrogen-bond donors (Lipinski definition) is 0. The fourth-order valence-electron chi connectivity index (χ4n) is 2.66. The first-order valence-electron chi connectivity index (χ1n) is 8.66. The maximum Gasteiger partial charge on any atom is 0.184 e. The minimum absolute atomic E-state index is 0.0261. The lowest BCUT2D eigenvalue weighted by Crippen LogP contribution is -2.01. The van der Waals surface area contributed by atoms with Gasteiger partial charge in [-0.2, -0.15) is 0 Å². The van der Waals surface area contributed by atoms with Crippen LogP contribution >= 0.6 is 0 Å². The highest BCUT2D eigenvalue weighted by Crippen LogP contribution is 2.17. The van der Waals surface area contributed by atoms with E-state index in [0.717, 1.165) is 12.0 Å². The maximum absolute atomic E-state index is 12.0. The molecule has 0 spiro atoms. The van der Waals surface area contributed by atoms with Gasteiger partial charge in [0.05, 0.1) is 6.61 Å². The van der Waals surface area contributed by atoms with E-state index >= 15 is 0 Å². The predicted octanol–water partition coefficient (Wildman–Crippen LogP) is 5.16. The molecule has 0 bridgehead atoms. The van der Waals surface area contributed by atoms with Crippen LogP contribution in [0.2, 0.25) is 0 Å². The lowest BCUT2D eigenvalue weighted by molar-refractivity contribution is 0.0880. The van der Waals surface area contributed by atoms with Crippen LogP contribution in [0.25, 0.3) is 10.8 Å². The number of nitrogens with zero attached hydrogens (tertiary/aromatic N) is 1. The van der Waals surface area contributed by atoms with Gasteiger partial charge in [0.1, 0.15) is 12.3 Å². The van der Waals surface area contributed by atoms with E-state index in [-0.39, 0.29) is 5.78 Å².